The van der Waals surface area contributed by atoms with Crippen LogP contribution in [0.1, 0.15) is 30.4 Å². The Balaban J connectivity index is 1.79. The largest absolute Gasteiger partial charge is 0.383 e. The smallest absolute Gasteiger partial charge is 0.279 e. The van der Waals surface area contributed by atoms with Gasteiger partial charge < -0.3 is 15.6 Å². The first kappa shape index (κ1) is 15.1. The highest BCUT2D eigenvalue weighted by Gasteiger charge is 2.22. The number of nitrogens with zero attached hydrogens (tertiary/aromatic N) is 5. The maximum absolute atomic E-state index is 12.7. The zero-order valence-electron chi connectivity index (χ0n) is 13.6. The number of nitrogen functional groups attached to an aromatic ring is 1. The van der Waals surface area contributed by atoms with Crippen LogP contribution in [0.3, 0.4) is 0 Å². The molecule has 0 saturated heterocycles. The summed E-state index contributed by atoms with van der Waals surface area (Å²) in [6.07, 6.45) is 1.37. The van der Waals surface area contributed by atoms with Gasteiger partial charge in [-0.15, -0.1) is 0 Å². The summed E-state index contributed by atoms with van der Waals surface area (Å²) < 4.78 is 6.86. The Hall–Kier alpha value is -3.49. The minimum absolute atomic E-state index is 0.0373. The Labute approximate surface area is 141 Å². The summed E-state index contributed by atoms with van der Waals surface area (Å²) in [6, 6.07) is 7.17. The average Bonchev–Trinajstić information content (AvgIpc) is 3.17. The third-order valence-corrected chi connectivity index (χ3v) is 3.83. The summed E-state index contributed by atoms with van der Waals surface area (Å²) in [5.74, 6) is 0.0969. The maximum Gasteiger partial charge on any atom is 0.279 e. The number of hydrogen-bond donors (Lipinski definition) is 2. The second-order valence-corrected chi connectivity index (χ2v) is 5.83. The number of benzene rings is 1. The highest BCUT2D eigenvalue weighted by Crippen LogP contribution is 2.28. The van der Waals surface area contributed by atoms with Gasteiger partial charge in [-0.25, -0.2) is 14.6 Å². The molecule has 0 aliphatic carbocycles. The highest BCUT2D eigenvalue weighted by atomic mass is 16.5. The van der Waals surface area contributed by atoms with Crippen LogP contribution in [-0.4, -0.2) is 30.8 Å². The van der Waals surface area contributed by atoms with Crippen molar-refractivity contribution in [3.05, 3.63) is 36.3 Å². The molecule has 3 N–H and O–H groups in total. The van der Waals surface area contributed by atoms with Crippen molar-refractivity contribution in [2.75, 3.05) is 11.1 Å². The van der Waals surface area contributed by atoms with Gasteiger partial charge in [0.25, 0.3) is 5.91 Å². The van der Waals surface area contributed by atoms with E-state index in [0.29, 0.717) is 27.8 Å². The number of aromatic nitrogens is 5. The first-order chi connectivity index (χ1) is 12.1. The number of carbonyl (C=O) groups excluding carboxylic acids is 1. The molecule has 9 nitrogen and oxygen atoms in total. The number of nitrogens with one attached hydrogen (secondary N) is 1. The van der Waals surface area contributed by atoms with E-state index >= 15 is 0 Å². The molecule has 4 rings (SSSR count). The van der Waals surface area contributed by atoms with Crippen LogP contribution in [0.5, 0.6) is 0 Å². The van der Waals surface area contributed by atoms with Crippen molar-refractivity contribution < 1.29 is 9.32 Å². The third-order valence-electron chi connectivity index (χ3n) is 3.83. The van der Waals surface area contributed by atoms with E-state index in [1.807, 2.05) is 26.0 Å². The van der Waals surface area contributed by atoms with Gasteiger partial charge in [0.1, 0.15) is 17.5 Å². The fourth-order valence-electron chi connectivity index (χ4n) is 2.66. The van der Waals surface area contributed by atoms with Gasteiger partial charge in [-0.1, -0.05) is 17.3 Å². The molecule has 0 spiro atoms. The van der Waals surface area contributed by atoms with Crippen LogP contribution in [0, 0.1) is 0 Å². The molecular formula is C16H15N7O2. The van der Waals surface area contributed by atoms with E-state index in [1.54, 1.807) is 16.8 Å². The molecule has 0 aliphatic heterocycles. The van der Waals surface area contributed by atoms with Crippen LogP contribution in [0.4, 0.5) is 11.6 Å². The minimum Gasteiger partial charge on any atom is -0.383 e. The van der Waals surface area contributed by atoms with E-state index in [-0.39, 0.29) is 17.6 Å². The number of amides is 1. The summed E-state index contributed by atoms with van der Waals surface area (Å²) >= 11 is 0. The lowest BCUT2D eigenvalue weighted by atomic mass is 10.2. The molecule has 0 aliphatic rings. The predicted octanol–water partition coefficient (Wildman–Crippen LogP) is 2.38. The topological polar surface area (TPSA) is 125 Å². The summed E-state index contributed by atoms with van der Waals surface area (Å²) in [7, 11) is 0. The van der Waals surface area contributed by atoms with E-state index < -0.39 is 5.91 Å². The summed E-state index contributed by atoms with van der Waals surface area (Å²) in [5.41, 5.74) is 7.24. The normalized spacial score (nSPS) is 11.5. The number of rotatable bonds is 3. The summed E-state index contributed by atoms with van der Waals surface area (Å²) in [6.45, 7) is 3.92. The van der Waals surface area contributed by atoms with E-state index in [1.165, 1.54) is 6.33 Å². The van der Waals surface area contributed by atoms with Gasteiger partial charge >= 0.3 is 0 Å². The van der Waals surface area contributed by atoms with Crippen molar-refractivity contribution in [2.24, 2.45) is 0 Å². The maximum atomic E-state index is 12.7. The molecule has 0 bridgehead atoms. The molecule has 0 radical (unpaired) electrons. The highest BCUT2D eigenvalue weighted by molar-refractivity contribution is 6.13. The second kappa shape index (κ2) is 5.55. The van der Waals surface area contributed by atoms with Crippen molar-refractivity contribution >= 4 is 39.5 Å². The standard InChI is InChI=1S/C16H15N7O2/c1-8(2)23-15-11(13(17)18-7-19-15)14(21-23)20-16(24)12-9-5-3-4-6-10(9)25-22-12/h3-8H,1-2H3,(H2,17,18,19)(H,20,21,24). The van der Waals surface area contributed by atoms with Crippen molar-refractivity contribution in [3.8, 4) is 0 Å². The lowest BCUT2D eigenvalue weighted by molar-refractivity contribution is 0.101. The number of hydrogen-bond acceptors (Lipinski definition) is 7. The number of nitrogens with two attached hydrogens (primary N) is 1. The fraction of sp³-hybridized carbons (Fsp3) is 0.188. The number of fused-ring (bicyclic) bond motifs is 2. The molecule has 3 aromatic heterocycles. The summed E-state index contributed by atoms with van der Waals surface area (Å²) in [5, 5.41) is 12.1. The van der Waals surface area contributed by atoms with Gasteiger partial charge in [-0.05, 0) is 26.0 Å². The Kier molecular flexibility index (Phi) is 3.34. The quantitative estimate of drug-likeness (QED) is 0.588. The van der Waals surface area contributed by atoms with Gasteiger partial charge in [0.05, 0.1) is 5.39 Å². The molecule has 0 unspecified atom stereocenters. The summed E-state index contributed by atoms with van der Waals surface area (Å²) in [4.78, 5) is 20.9. The lowest BCUT2D eigenvalue weighted by Crippen LogP contribution is -2.14. The molecule has 1 amide bonds. The Morgan fingerprint density at radius 3 is 2.88 bits per heavy atom. The molecule has 0 saturated carbocycles. The van der Waals surface area contributed by atoms with Crippen LogP contribution in [0.15, 0.2) is 35.1 Å². The van der Waals surface area contributed by atoms with E-state index in [9.17, 15) is 4.79 Å². The van der Waals surface area contributed by atoms with Crippen LogP contribution in [0.2, 0.25) is 0 Å². The Morgan fingerprint density at radius 2 is 2.08 bits per heavy atom. The molecule has 9 heteroatoms. The van der Waals surface area contributed by atoms with Gasteiger partial charge in [0.15, 0.2) is 22.7 Å². The van der Waals surface area contributed by atoms with Crippen LogP contribution in [-0.2, 0) is 0 Å². The molecule has 25 heavy (non-hydrogen) atoms. The fourth-order valence-corrected chi connectivity index (χ4v) is 2.66. The third kappa shape index (κ3) is 2.36. The predicted molar refractivity (Wildman–Crippen MR) is 92.1 cm³/mol. The minimum atomic E-state index is -0.441. The van der Waals surface area contributed by atoms with E-state index in [0.717, 1.165) is 0 Å². The second-order valence-electron chi connectivity index (χ2n) is 5.83. The van der Waals surface area contributed by atoms with Crippen molar-refractivity contribution in [1.29, 1.82) is 0 Å². The number of carbonyl (C=O) groups is 1. The number of anilines is 2. The van der Waals surface area contributed by atoms with Gasteiger partial charge in [-0.3, -0.25) is 4.79 Å². The molecule has 126 valence electrons. The molecule has 0 atom stereocenters. The van der Waals surface area contributed by atoms with E-state index in [4.69, 9.17) is 10.3 Å². The average molecular weight is 337 g/mol. The molecule has 1 aromatic carbocycles. The molecule has 3 heterocycles. The lowest BCUT2D eigenvalue weighted by Gasteiger charge is -2.05. The monoisotopic (exact) mass is 337 g/mol. The van der Waals surface area contributed by atoms with Crippen molar-refractivity contribution in [2.45, 2.75) is 19.9 Å². The van der Waals surface area contributed by atoms with Crippen LogP contribution in [0.25, 0.3) is 22.0 Å². The number of para-hydroxylation sites is 1. The Morgan fingerprint density at radius 1 is 1.28 bits per heavy atom. The molecule has 0 fully saturated rings. The van der Waals surface area contributed by atoms with Crippen LogP contribution < -0.4 is 11.1 Å². The van der Waals surface area contributed by atoms with Crippen molar-refractivity contribution in [3.63, 3.8) is 0 Å². The van der Waals surface area contributed by atoms with Crippen molar-refractivity contribution in [1.82, 2.24) is 24.9 Å². The first-order valence-corrected chi connectivity index (χ1v) is 7.70. The SMILES string of the molecule is CC(C)n1nc(NC(=O)c2noc3ccccc23)c2c(N)ncnc21. The van der Waals surface area contributed by atoms with Gasteiger partial charge in [-0.2, -0.15) is 5.10 Å². The molecule has 4 aromatic rings. The van der Waals surface area contributed by atoms with Gasteiger partial charge in [0, 0.05) is 6.04 Å². The first-order valence-electron chi connectivity index (χ1n) is 7.70. The van der Waals surface area contributed by atoms with E-state index in [2.05, 4.69) is 25.5 Å². The van der Waals surface area contributed by atoms with Crippen LogP contribution >= 0.6 is 0 Å². The Bertz CT molecular complexity index is 1100. The molecular weight excluding hydrogens is 322 g/mol. The van der Waals surface area contributed by atoms with Gasteiger partial charge in [0.2, 0.25) is 0 Å². The zero-order chi connectivity index (χ0) is 17.6. The zero-order valence-corrected chi connectivity index (χ0v) is 13.6.